The Kier molecular flexibility index (Phi) is 10.5. The molecule has 7 heteroatoms. The van der Waals surface area contributed by atoms with Crippen LogP contribution in [0.1, 0.15) is 101 Å². The molecule has 2 radical (unpaired) electrons. The number of hydrogen-bond donors (Lipinski definition) is 0. The van der Waals surface area contributed by atoms with Crippen molar-refractivity contribution in [2.24, 2.45) is 3.95 Å². The summed E-state index contributed by atoms with van der Waals surface area (Å²) >= 11 is -0.729. The molecule has 0 aliphatic rings. The fraction of sp³-hybridized carbons (Fsp3) is 0.545. The predicted molar refractivity (Wildman–Crippen MR) is 181 cm³/mol. The average molecular weight is 636 g/mol. The quantitative estimate of drug-likeness (QED) is 0.204. The van der Waals surface area contributed by atoms with Crippen molar-refractivity contribution in [3.8, 4) is 11.4 Å². The number of para-hydroxylation sites is 2. The summed E-state index contributed by atoms with van der Waals surface area (Å²) in [5.41, 5.74) is 9.26. The van der Waals surface area contributed by atoms with Gasteiger partial charge in [-0.15, -0.1) is 0 Å². The molecule has 1 heterocycles. The van der Waals surface area contributed by atoms with Crippen LogP contribution in [0, 0.1) is 0 Å². The molecule has 3 rings (SSSR count). The number of hydrogen-bond acceptors (Lipinski definition) is 2. The van der Waals surface area contributed by atoms with E-state index < -0.39 is 32.3 Å². The molecule has 0 spiro atoms. The SMILES string of the molecule is CC(C)c1cccc(C(C)C)c1-n1ccn(-c2c(C(C)C)cccc2C(C)C)c1=[N][Ge][N]([Si](C)(C)C)[Si](C)(C)C. The van der Waals surface area contributed by atoms with Crippen LogP contribution in [-0.2, 0) is 0 Å². The Balaban J connectivity index is 2.50. The molecule has 4 nitrogen and oxygen atoms in total. The van der Waals surface area contributed by atoms with E-state index in [2.05, 4.69) is 156 Å². The molecule has 218 valence electrons. The van der Waals surface area contributed by atoms with Crippen LogP contribution < -0.4 is 5.62 Å². The first-order chi connectivity index (χ1) is 18.5. The topological polar surface area (TPSA) is 25.5 Å². The van der Waals surface area contributed by atoms with Gasteiger partial charge in [0, 0.05) is 0 Å². The zero-order valence-corrected chi connectivity index (χ0v) is 31.8. The van der Waals surface area contributed by atoms with E-state index in [0.29, 0.717) is 23.7 Å². The van der Waals surface area contributed by atoms with E-state index >= 15 is 0 Å². The molecule has 0 atom stereocenters. The second-order valence-electron chi connectivity index (χ2n) is 14.4. The van der Waals surface area contributed by atoms with Crippen LogP contribution in [0.5, 0.6) is 0 Å². The van der Waals surface area contributed by atoms with Gasteiger partial charge in [0.05, 0.1) is 0 Å². The molecule has 0 aliphatic heterocycles. The van der Waals surface area contributed by atoms with Gasteiger partial charge in [-0.3, -0.25) is 0 Å². The Bertz CT molecular complexity index is 1220. The van der Waals surface area contributed by atoms with Crippen LogP contribution in [0.4, 0.5) is 0 Å². The van der Waals surface area contributed by atoms with Crippen molar-refractivity contribution < 1.29 is 0 Å². The fourth-order valence-electron chi connectivity index (χ4n) is 5.82. The van der Waals surface area contributed by atoms with Crippen molar-refractivity contribution in [2.75, 3.05) is 0 Å². The maximum absolute atomic E-state index is 5.70. The summed E-state index contributed by atoms with van der Waals surface area (Å²) in [6, 6.07) is 13.7. The van der Waals surface area contributed by atoms with Crippen LogP contribution in [0.25, 0.3) is 11.4 Å². The summed E-state index contributed by atoms with van der Waals surface area (Å²) in [7, 11) is -3.05. The van der Waals surface area contributed by atoms with Crippen LogP contribution in [0.3, 0.4) is 0 Å². The minimum atomic E-state index is -1.53. The first-order valence-electron chi connectivity index (χ1n) is 15.1. The van der Waals surface area contributed by atoms with Crippen molar-refractivity contribution in [3.05, 3.63) is 76.7 Å². The molecule has 0 bridgehead atoms. The molecular formula is C33H54GeN4Si2. The van der Waals surface area contributed by atoms with Gasteiger partial charge in [0.1, 0.15) is 0 Å². The van der Waals surface area contributed by atoms with Crippen molar-refractivity contribution in [2.45, 2.75) is 118 Å². The summed E-state index contributed by atoms with van der Waals surface area (Å²) in [5, 5.41) is 0. The normalized spacial score (nSPS) is 13.0. The number of benzene rings is 2. The van der Waals surface area contributed by atoms with E-state index in [4.69, 9.17) is 3.95 Å². The molecule has 40 heavy (non-hydrogen) atoms. The number of aromatic nitrogens is 2. The fourth-order valence-corrected chi connectivity index (χ4v) is 19.6. The minimum absolute atomic E-state index is 0.419. The molecule has 3 aromatic rings. The molecule has 2 aromatic carbocycles. The molecule has 0 fully saturated rings. The van der Waals surface area contributed by atoms with Crippen LogP contribution in [0.15, 0.2) is 52.7 Å². The zero-order chi connectivity index (χ0) is 30.2. The third kappa shape index (κ3) is 7.05. The Morgan fingerprint density at radius 1 is 0.575 bits per heavy atom. The summed E-state index contributed by atoms with van der Waals surface area (Å²) in [6.45, 7) is 33.5. The second kappa shape index (κ2) is 12.7. The maximum atomic E-state index is 5.70. The van der Waals surface area contributed by atoms with E-state index in [1.54, 1.807) is 0 Å². The molecule has 1 aromatic heterocycles. The van der Waals surface area contributed by atoms with Gasteiger partial charge in [-0.1, -0.05) is 0 Å². The molecule has 0 amide bonds. The summed E-state index contributed by atoms with van der Waals surface area (Å²) in [4.78, 5) is 0. The van der Waals surface area contributed by atoms with Crippen LogP contribution in [0.2, 0.25) is 39.3 Å². The predicted octanol–water partition coefficient (Wildman–Crippen LogP) is 9.17. The molecule has 0 N–H and O–H groups in total. The Morgan fingerprint density at radius 2 is 0.875 bits per heavy atom. The van der Waals surface area contributed by atoms with Gasteiger partial charge in [0.25, 0.3) is 0 Å². The number of rotatable bonds is 10. The first-order valence-corrected chi connectivity index (χ1v) is 23.9. The zero-order valence-electron chi connectivity index (χ0n) is 27.7. The number of nitrogens with zero attached hydrogens (tertiary/aromatic N) is 4. The van der Waals surface area contributed by atoms with Gasteiger partial charge in [0.15, 0.2) is 0 Å². The van der Waals surface area contributed by atoms with E-state index in [9.17, 15) is 0 Å². The van der Waals surface area contributed by atoms with Crippen LogP contribution >= 0.6 is 0 Å². The van der Waals surface area contributed by atoms with Crippen molar-refractivity contribution in [3.63, 3.8) is 0 Å². The standard InChI is InChI=1S/C33H54GeN4Si2/c1-23(2)27-17-15-18-28(24(3)4)31(27)36-21-22-37(32-29(25(5)6)19-16-20-30(32)26(7)8)33(36)35-34-38(39(9,10)11)40(12,13)14/h15-26H,1-14H3. The monoisotopic (exact) mass is 636 g/mol. The van der Waals surface area contributed by atoms with Gasteiger partial charge in [0.2, 0.25) is 0 Å². The van der Waals surface area contributed by atoms with Crippen molar-refractivity contribution in [1.82, 2.24) is 12.3 Å². The number of imidazole rings is 1. The summed E-state index contributed by atoms with van der Waals surface area (Å²) in [5.74, 6) is 1.68. The van der Waals surface area contributed by atoms with Gasteiger partial charge in [-0.25, -0.2) is 0 Å². The Labute approximate surface area is 254 Å². The van der Waals surface area contributed by atoms with Crippen LogP contribution in [-0.4, -0.2) is 44.7 Å². The molecular weight excluding hydrogens is 581 g/mol. The van der Waals surface area contributed by atoms with E-state index in [-0.39, 0.29) is 0 Å². The molecule has 0 unspecified atom stereocenters. The third-order valence-corrected chi connectivity index (χ3v) is 24.8. The first kappa shape index (κ1) is 32.9. The van der Waals surface area contributed by atoms with E-state index in [1.807, 2.05) is 0 Å². The Hall–Kier alpha value is -1.61. The van der Waals surface area contributed by atoms with Gasteiger partial charge in [-0.2, -0.15) is 0 Å². The average Bonchev–Trinajstić information content (AvgIpc) is 3.24. The van der Waals surface area contributed by atoms with Crippen molar-refractivity contribution >= 4 is 32.3 Å². The van der Waals surface area contributed by atoms with E-state index in [1.165, 1.54) is 33.6 Å². The summed E-state index contributed by atoms with van der Waals surface area (Å²) < 4.78 is 13.5. The van der Waals surface area contributed by atoms with Crippen molar-refractivity contribution in [1.29, 1.82) is 0 Å². The molecule has 0 saturated carbocycles. The molecule has 0 aliphatic carbocycles. The summed E-state index contributed by atoms with van der Waals surface area (Å²) in [6.07, 6.45) is 4.57. The van der Waals surface area contributed by atoms with Gasteiger partial charge >= 0.3 is 255 Å². The van der Waals surface area contributed by atoms with Gasteiger partial charge < -0.3 is 0 Å². The van der Waals surface area contributed by atoms with E-state index in [0.717, 1.165) is 5.62 Å². The van der Waals surface area contributed by atoms with Gasteiger partial charge in [-0.05, 0) is 0 Å². The second-order valence-corrected chi connectivity index (χ2v) is 28.1. The Morgan fingerprint density at radius 3 is 1.12 bits per heavy atom. The molecule has 0 saturated heterocycles. The third-order valence-electron chi connectivity index (χ3n) is 7.55.